The van der Waals surface area contributed by atoms with Crippen molar-refractivity contribution in [3.05, 3.63) is 147 Å². The highest BCUT2D eigenvalue weighted by Gasteiger charge is 2.71. The van der Waals surface area contributed by atoms with E-state index in [2.05, 4.69) is 0 Å². The Morgan fingerprint density at radius 2 is 1.54 bits per heavy atom. The number of carbonyl (C=O) groups is 3. The number of fused-ring (bicyclic) bond motifs is 5. The van der Waals surface area contributed by atoms with Crippen molar-refractivity contribution in [2.45, 2.75) is 24.9 Å². The number of carbonyl (C=O) groups excluding carboxylic acids is 3. The second-order valence-electron chi connectivity index (χ2n) is 10.9. The predicted molar refractivity (Wildman–Crippen MR) is 154 cm³/mol. The molecule has 7 nitrogen and oxygen atoms in total. The average Bonchev–Trinajstić information content (AvgIpc) is 3.43. The van der Waals surface area contributed by atoms with Crippen LogP contribution in [0.15, 0.2) is 103 Å². The molecule has 1 aliphatic carbocycles. The molecule has 1 fully saturated rings. The number of ketones is 3. The Morgan fingerprint density at radius 3 is 2.22 bits per heavy atom. The first kappa shape index (κ1) is 24.8. The number of Topliss-reactive ketones (excluding diaryl/α,β-unsaturated/α-hetero) is 3. The Bertz CT molecular complexity index is 1790. The molecule has 2 aliphatic heterocycles. The zero-order chi connectivity index (χ0) is 28.5. The molecule has 2 heterocycles. The lowest BCUT2D eigenvalue weighted by molar-refractivity contribution is -0.384. The fourth-order valence-corrected chi connectivity index (χ4v) is 7.05. The largest absolute Gasteiger partial charge is 0.352 e. The second-order valence-corrected chi connectivity index (χ2v) is 10.9. The molecule has 4 aromatic rings. The molecule has 200 valence electrons. The normalized spacial score (nSPS) is 21.5. The van der Waals surface area contributed by atoms with Crippen LogP contribution in [0.1, 0.15) is 53.7 Å². The van der Waals surface area contributed by atoms with E-state index in [0.717, 1.165) is 16.8 Å². The summed E-state index contributed by atoms with van der Waals surface area (Å²) in [5, 5.41) is 11.9. The van der Waals surface area contributed by atoms with Gasteiger partial charge in [-0.15, -0.1) is 0 Å². The van der Waals surface area contributed by atoms with Crippen LogP contribution in [0, 0.1) is 22.5 Å². The van der Waals surface area contributed by atoms with Gasteiger partial charge in [0.05, 0.1) is 11.0 Å². The molecule has 0 bridgehead atoms. The number of rotatable bonds is 4. The molecular weight excluding hydrogens is 516 g/mol. The summed E-state index contributed by atoms with van der Waals surface area (Å²) < 4.78 is 0. The van der Waals surface area contributed by atoms with Gasteiger partial charge in [-0.25, -0.2) is 0 Å². The van der Waals surface area contributed by atoms with Gasteiger partial charge in [0.1, 0.15) is 11.5 Å². The third-order valence-corrected chi connectivity index (χ3v) is 8.73. The van der Waals surface area contributed by atoms with Gasteiger partial charge in [-0.05, 0) is 29.7 Å². The van der Waals surface area contributed by atoms with Crippen molar-refractivity contribution in [2.24, 2.45) is 5.41 Å². The Balaban J connectivity index is 1.57. The number of hydrogen-bond acceptors (Lipinski definition) is 6. The SMILES string of the molecule is Cc1ccc2c(c1)N1[C@H](C(=O)c3ccccc3)[C@@H](c3cccc([N+](=O)[O-])c3)C3(C(=O)c4ccccc4C3=O)[C@@H]1C=C2. The summed E-state index contributed by atoms with van der Waals surface area (Å²) in [6, 6.07) is 25.7. The van der Waals surface area contributed by atoms with E-state index in [1.807, 2.05) is 48.2 Å². The minimum absolute atomic E-state index is 0.171. The molecule has 0 unspecified atom stereocenters. The van der Waals surface area contributed by atoms with Crippen molar-refractivity contribution < 1.29 is 19.3 Å². The van der Waals surface area contributed by atoms with Crippen molar-refractivity contribution in [3.8, 4) is 0 Å². The van der Waals surface area contributed by atoms with Gasteiger partial charge >= 0.3 is 0 Å². The van der Waals surface area contributed by atoms with Crippen molar-refractivity contribution in [2.75, 3.05) is 4.90 Å². The Hall–Kier alpha value is -5.17. The van der Waals surface area contributed by atoms with E-state index in [-0.39, 0.29) is 23.0 Å². The Labute approximate surface area is 235 Å². The van der Waals surface area contributed by atoms with Crippen LogP contribution in [-0.4, -0.2) is 34.4 Å². The molecule has 0 N–H and O–H groups in total. The smallest absolute Gasteiger partial charge is 0.269 e. The molecule has 41 heavy (non-hydrogen) atoms. The molecule has 0 radical (unpaired) electrons. The molecular formula is C34H24N2O5. The maximum absolute atomic E-state index is 14.6. The minimum atomic E-state index is -1.70. The number of nitro groups is 1. The molecule has 7 heteroatoms. The van der Waals surface area contributed by atoms with Crippen molar-refractivity contribution in [1.82, 2.24) is 0 Å². The van der Waals surface area contributed by atoms with E-state index in [1.165, 1.54) is 12.1 Å². The van der Waals surface area contributed by atoms with E-state index in [9.17, 15) is 24.5 Å². The highest BCUT2D eigenvalue weighted by molar-refractivity contribution is 6.32. The van der Waals surface area contributed by atoms with E-state index in [0.29, 0.717) is 22.3 Å². The summed E-state index contributed by atoms with van der Waals surface area (Å²) in [5.74, 6) is -1.99. The first-order chi connectivity index (χ1) is 19.8. The molecule has 4 aromatic carbocycles. The summed E-state index contributed by atoms with van der Waals surface area (Å²) in [7, 11) is 0. The third-order valence-electron chi connectivity index (χ3n) is 8.73. The second kappa shape index (κ2) is 8.93. The summed E-state index contributed by atoms with van der Waals surface area (Å²) >= 11 is 0. The Morgan fingerprint density at radius 1 is 0.854 bits per heavy atom. The highest BCUT2D eigenvalue weighted by Crippen LogP contribution is 2.61. The number of non-ortho nitro benzene ring substituents is 1. The Kier molecular flexibility index (Phi) is 5.41. The van der Waals surface area contributed by atoms with Crippen LogP contribution in [0.3, 0.4) is 0 Å². The van der Waals surface area contributed by atoms with Crippen molar-refractivity contribution in [1.29, 1.82) is 0 Å². The van der Waals surface area contributed by atoms with Crippen molar-refractivity contribution in [3.63, 3.8) is 0 Å². The highest BCUT2D eigenvalue weighted by atomic mass is 16.6. The van der Waals surface area contributed by atoms with E-state index >= 15 is 0 Å². The zero-order valence-electron chi connectivity index (χ0n) is 22.1. The predicted octanol–water partition coefficient (Wildman–Crippen LogP) is 6.22. The molecule has 3 aliphatic rings. The van der Waals surface area contributed by atoms with Crippen LogP contribution in [-0.2, 0) is 0 Å². The fourth-order valence-electron chi connectivity index (χ4n) is 7.05. The van der Waals surface area contributed by atoms with Crippen LogP contribution in [0.5, 0.6) is 0 Å². The zero-order valence-corrected chi connectivity index (χ0v) is 22.1. The minimum Gasteiger partial charge on any atom is -0.352 e. The van der Waals surface area contributed by atoms with Gasteiger partial charge in [0.2, 0.25) is 0 Å². The lowest BCUT2D eigenvalue weighted by atomic mass is 9.64. The first-order valence-electron chi connectivity index (χ1n) is 13.4. The van der Waals surface area contributed by atoms with Crippen LogP contribution in [0.2, 0.25) is 0 Å². The van der Waals surface area contributed by atoms with Gasteiger partial charge in [-0.3, -0.25) is 24.5 Å². The van der Waals surface area contributed by atoms with E-state index < -0.39 is 28.3 Å². The number of anilines is 1. The number of aryl methyl sites for hydroxylation is 1. The molecule has 0 aromatic heterocycles. The summed E-state index contributed by atoms with van der Waals surface area (Å²) in [6.45, 7) is 1.95. The molecule has 1 spiro atoms. The van der Waals surface area contributed by atoms with Gasteiger partial charge in [0.15, 0.2) is 17.3 Å². The van der Waals surface area contributed by atoms with Gasteiger partial charge in [0, 0.05) is 40.4 Å². The van der Waals surface area contributed by atoms with Crippen LogP contribution in [0.4, 0.5) is 11.4 Å². The van der Waals surface area contributed by atoms with Crippen molar-refractivity contribution >= 4 is 34.8 Å². The van der Waals surface area contributed by atoms with E-state index in [4.69, 9.17) is 0 Å². The maximum atomic E-state index is 14.6. The average molecular weight is 541 g/mol. The lowest BCUT2D eigenvalue weighted by Crippen LogP contribution is -2.48. The maximum Gasteiger partial charge on any atom is 0.269 e. The quantitative estimate of drug-likeness (QED) is 0.132. The molecule has 0 amide bonds. The topological polar surface area (TPSA) is 97.6 Å². The number of hydrogen-bond donors (Lipinski definition) is 0. The summed E-state index contributed by atoms with van der Waals surface area (Å²) in [4.78, 5) is 57.2. The number of nitro benzene ring substituents is 1. The van der Waals surface area contributed by atoms with Crippen LogP contribution in [0.25, 0.3) is 6.08 Å². The first-order valence-corrected chi connectivity index (χ1v) is 13.4. The van der Waals surface area contributed by atoms with Gasteiger partial charge in [0.25, 0.3) is 5.69 Å². The monoisotopic (exact) mass is 540 g/mol. The van der Waals surface area contributed by atoms with Gasteiger partial charge in [-0.1, -0.05) is 91.0 Å². The number of benzene rings is 4. The van der Waals surface area contributed by atoms with Crippen LogP contribution >= 0.6 is 0 Å². The van der Waals surface area contributed by atoms with Gasteiger partial charge in [-0.2, -0.15) is 0 Å². The standard InChI is InChI=1S/C34H24N2O5/c1-20-14-15-21-16-17-28-34(32(38)25-12-5-6-13-26(25)33(34)39)29(23-10-7-11-24(19-23)36(40)41)30(35(28)27(21)18-20)31(37)22-8-3-2-4-9-22/h2-19,28-30H,1H3/t28-,29+,30-/m0/s1. The lowest BCUT2D eigenvalue weighted by Gasteiger charge is -2.37. The third kappa shape index (κ3) is 3.35. The van der Waals surface area contributed by atoms with Gasteiger partial charge < -0.3 is 4.90 Å². The fraction of sp³-hybridized carbons (Fsp3) is 0.147. The molecule has 7 rings (SSSR count). The molecule has 0 saturated carbocycles. The molecule has 1 saturated heterocycles. The van der Waals surface area contributed by atoms with Crippen LogP contribution < -0.4 is 4.90 Å². The molecule has 3 atom stereocenters. The van der Waals surface area contributed by atoms with E-state index in [1.54, 1.807) is 60.7 Å². The number of nitrogens with zero attached hydrogens (tertiary/aromatic N) is 2. The summed E-state index contributed by atoms with van der Waals surface area (Å²) in [5.41, 5.74) is 2.15. The summed E-state index contributed by atoms with van der Waals surface area (Å²) in [6.07, 6.45) is 3.75.